The van der Waals surface area contributed by atoms with E-state index in [0.29, 0.717) is 16.9 Å². The van der Waals surface area contributed by atoms with E-state index in [1.807, 2.05) is 73.7 Å². The van der Waals surface area contributed by atoms with Crippen LogP contribution in [-0.4, -0.2) is 33.8 Å². The van der Waals surface area contributed by atoms with E-state index in [1.165, 1.54) is 17.3 Å². The lowest BCUT2D eigenvalue weighted by Gasteiger charge is -2.11. The van der Waals surface area contributed by atoms with Gasteiger partial charge in [-0.15, -0.1) is 10.2 Å². The molecule has 0 aliphatic carbocycles. The summed E-state index contributed by atoms with van der Waals surface area (Å²) in [6, 6.07) is 25.9. The molecule has 152 valence electrons. The number of hydrogen-bond acceptors (Lipinski definition) is 6. The fourth-order valence-corrected chi connectivity index (χ4v) is 3.53. The first-order valence-electron chi connectivity index (χ1n) is 9.67. The van der Waals surface area contributed by atoms with Crippen molar-refractivity contribution in [1.29, 1.82) is 0 Å². The molecule has 1 heterocycles. The van der Waals surface area contributed by atoms with Gasteiger partial charge in [0, 0.05) is 11.3 Å². The largest absolute Gasteiger partial charge is 0.491 e. The Balaban J connectivity index is 1.25. The van der Waals surface area contributed by atoms with Crippen LogP contribution >= 0.6 is 11.8 Å². The molecule has 0 radical (unpaired) electrons. The molecule has 4 aromatic rings. The maximum atomic E-state index is 10.2. The van der Waals surface area contributed by atoms with Gasteiger partial charge in [-0.2, -0.15) is 0 Å². The second kappa shape index (κ2) is 9.61. The summed E-state index contributed by atoms with van der Waals surface area (Å²) >= 11 is 1.31. The van der Waals surface area contributed by atoms with Gasteiger partial charge in [-0.25, -0.2) is 0 Å². The predicted molar refractivity (Wildman–Crippen MR) is 119 cm³/mol. The van der Waals surface area contributed by atoms with Gasteiger partial charge in [0.25, 0.3) is 5.22 Å². The van der Waals surface area contributed by atoms with Crippen LogP contribution in [0.1, 0.15) is 5.56 Å². The SMILES string of the molecule is Cc1ccc(-c2nnc(SCC(O)COc3ccc(-c4ccccc4)cc3)o2)cc1. The number of thioether (sulfide) groups is 1. The summed E-state index contributed by atoms with van der Waals surface area (Å²) < 4.78 is 11.4. The molecule has 1 atom stereocenters. The van der Waals surface area contributed by atoms with Crippen LogP contribution in [0.3, 0.4) is 0 Å². The highest BCUT2D eigenvalue weighted by atomic mass is 32.2. The van der Waals surface area contributed by atoms with Crippen molar-refractivity contribution >= 4 is 11.8 Å². The van der Waals surface area contributed by atoms with E-state index in [-0.39, 0.29) is 6.61 Å². The molecule has 1 aromatic heterocycles. The van der Waals surface area contributed by atoms with Crippen molar-refractivity contribution in [2.24, 2.45) is 0 Å². The molecule has 0 saturated carbocycles. The zero-order valence-corrected chi connectivity index (χ0v) is 17.4. The Morgan fingerprint density at radius 2 is 1.53 bits per heavy atom. The number of hydrogen-bond donors (Lipinski definition) is 1. The summed E-state index contributed by atoms with van der Waals surface area (Å²) in [5, 5.41) is 18.8. The van der Waals surface area contributed by atoms with Crippen molar-refractivity contribution in [2.75, 3.05) is 12.4 Å². The van der Waals surface area contributed by atoms with Crippen LogP contribution in [-0.2, 0) is 0 Å². The van der Waals surface area contributed by atoms with Crippen LogP contribution in [0.25, 0.3) is 22.6 Å². The minimum atomic E-state index is -0.654. The zero-order chi connectivity index (χ0) is 20.8. The quantitative estimate of drug-likeness (QED) is 0.395. The standard InChI is InChI=1S/C24H22N2O3S/c1-17-7-9-20(10-8-17)23-25-26-24(29-23)30-16-21(27)15-28-22-13-11-19(12-14-22)18-5-3-2-4-6-18/h2-14,21,27H,15-16H2,1H3. The van der Waals surface area contributed by atoms with Crippen molar-refractivity contribution < 1.29 is 14.3 Å². The smallest absolute Gasteiger partial charge is 0.276 e. The van der Waals surface area contributed by atoms with Crippen molar-refractivity contribution in [1.82, 2.24) is 10.2 Å². The molecule has 0 aliphatic rings. The van der Waals surface area contributed by atoms with Crippen LogP contribution in [0.2, 0.25) is 0 Å². The van der Waals surface area contributed by atoms with Crippen molar-refractivity contribution in [3.63, 3.8) is 0 Å². The van der Waals surface area contributed by atoms with Gasteiger partial charge in [-0.3, -0.25) is 0 Å². The van der Waals surface area contributed by atoms with E-state index in [9.17, 15) is 5.11 Å². The van der Waals surface area contributed by atoms with Gasteiger partial charge >= 0.3 is 0 Å². The molecule has 0 spiro atoms. The minimum Gasteiger partial charge on any atom is -0.491 e. The van der Waals surface area contributed by atoms with Gasteiger partial charge in [0.2, 0.25) is 5.89 Å². The number of aliphatic hydroxyl groups is 1. The highest BCUT2D eigenvalue weighted by Crippen LogP contribution is 2.25. The molecular weight excluding hydrogens is 396 g/mol. The molecule has 4 rings (SSSR count). The van der Waals surface area contributed by atoms with Crippen molar-refractivity contribution in [3.8, 4) is 28.3 Å². The van der Waals surface area contributed by atoms with Crippen LogP contribution < -0.4 is 4.74 Å². The first-order valence-corrected chi connectivity index (χ1v) is 10.7. The third-order valence-electron chi connectivity index (χ3n) is 4.51. The van der Waals surface area contributed by atoms with Crippen LogP contribution in [0, 0.1) is 6.92 Å². The maximum Gasteiger partial charge on any atom is 0.276 e. The van der Waals surface area contributed by atoms with Gasteiger partial charge in [-0.05, 0) is 42.3 Å². The number of aromatic nitrogens is 2. The van der Waals surface area contributed by atoms with Gasteiger partial charge in [0.05, 0.1) is 6.10 Å². The number of aryl methyl sites for hydroxylation is 1. The minimum absolute atomic E-state index is 0.191. The number of rotatable bonds is 8. The average molecular weight is 419 g/mol. The Hall–Kier alpha value is -3.09. The number of ether oxygens (including phenoxy) is 1. The predicted octanol–water partition coefficient (Wildman–Crippen LogP) is 5.24. The summed E-state index contributed by atoms with van der Waals surface area (Å²) in [5.74, 6) is 1.59. The first kappa shape index (κ1) is 20.2. The first-order chi connectivity index (χ1) is 14.7. The second-order valence-corrected chi connectivity index (χ2v) is 7.88. The Bertz CT molecular complexity index is 1060. The van der Waals surface area contributed by atoms with Crippen LogP contribution in [0.5, 0.6) is 5.75 Å². The maximum absolute atomic E-state index is 10.2. The summed E-state index contributed by atoms with van der Waals surface area (Å²) in [5.41, 5.74) is 4.33. The average Bonchev–Trinajstić information content (AvgIpc) is 3.27. The molecule has 1 N–H and O–H groups in total. The lowest BCUT2D eigenvalue weighted by molar-refractivity contribution is 0.126. The molecular formula is C24H22N2O3S. The molecule has 3 aromatic carbocycles. The monoisotopic (exact) mass is 418 g/mol. The fraction of sp³-hybridized carbons (Fsp3) is 0.167. The fourth-order valence-electron chi connectivity index (χ4n) is 2.86. The molecule has 0 fully saturated rings. The highest BCUT2D eigenvalue weighted by Gasteiger charge is 2.12. The molecule has 1 unspecified atom stereocenters. The molecule has 0 bridgehead atoms. The Kier molecular flexibility index (Phi) is 6.47. The molecule has 5 nitrogen and oxygen atoms in total. The zero-order valence-electron chi connectivity index (χ0n) is 16.6. The number of aliphatic hydroxyl groups excluding tert-OH is 1. The van der Waals surface area contributed by atoms with Crippen LogP contribution in [0.4, 0.5) is 0 Å². The van der Waals surface area contributed by atoms with E-state index in [0.717, 1.165) is 22.4 Å². The molecule has 0 amide bonds. The third kappa shape index (κ3) is 5.28. The topological polar surface area (TPSA) is 68.4 Å². The van der Waals surface area contributed by atoms with Gasteiger partial charge < -0.3 is 14.3 Å². The van der Waals surface area contributed by atoms with Crippen LogP contribution in [0.15, 0.2) is 88.5 Å². The summed E-state index contributed by atoms with van der Waals surface area (Å²) in [4.78, 5) is 0. The second-order valence-electron chi connectivity index (χ2n) is 6.91. The lowest BCUT2D eigenvalue weighted by Crippen LogP contribution is -2.20. The number of nitrogens with zero attached hydrogens (tertiary/aromatic N) is 2. The molecule has 0 saturated heterocycles. The van der Waals surface area contributed by atoms with Gasteiger partial charge in [0.1, 0.15) is 12.4 Å². The van der Waals surface area contributed by atoms with E-state index in [4.69, 9.17) is 9.15 Å². The van der Waals surface area contributed by atoms with Crippen molar-refractivity contribution in [2.45, 2.75) is 18.3 Å². The summed E-state index contributed by atoms with van der Waals surface area (Å²) in [7, 11) is 0. The highest BCUT2D eigenvalue weighted by molar-refractivity contribution is 7.99. The van der Waals surface area contributed by atoms with E-state index in [1.54, 1.807) is 0 Å². The Labute approximate surface area is 179 Å². The molecule has 30 heavy (non-hydrogen) atoms. The third-order valence-corrected chi connectivity index (χ3v) is 5.47. The van der Waals surface area contributed by atoms with E-state index >= 15 is 0 Å². The number of benzene rings is 3. The van der Waals surface area contributed by atoms with E-state index < -0.39 is 6.10 Å². The van der Waals surface area contributed by atoms with E-state index in [2.05, 4.69) is 22.3 Å². The summed E-state index contributed by atoms with van der Waals surface area (Å²) in [6.45, 7) is 2.22. The molecule has 6 heteroatoms. The Morgan fingerprint density at radius 1 is 0.867 bits per heavy atom. The molecule has 0 aliphatic heterocycles. The summed E-state index contributed by atoms with van der Waals surface area (Å²) in [6.07, 6.45) is -0.654. The normalized spacial score (nSPS) is 11.9. The lowest BCUT2D eigenvalue weighted by atomic mass is 10.1. The van der Waals surface area contributed by atoms with Gasteiger partial charge in [0.15, 0.2) is 0 Å². The Morgan fingerprint density at radius 3 is 2.27 bits per heavy atom. The van der Waals surface area contributed by atoms with Crippen molar-refractivity contribution in [3.05, 3.63) is 84.4 Å². The van der Waals surface area contributed by atoms with Gasteiger partial charge in [-0.1, -0.05) is 71.9 Å².